The Morgan fingerprint density at radius 3 is 3.00 bits per heavy atom. The Balaban J connectivity index is 2.26. The molecular weight excluding hydrogens is 264 g/mol. The Bertz CT molecular complexity index is 626. The number of aromatic nitrogens is 2. The maximum atomic E-state index is 12.0. The second-order valence-electron chi connectivity index (χ2n) is 4.55. The molecule has 0 aliphatic carbocycles. The minimum absolute atomic E-state index is 0.158. The van der Waals surface area contributed by atoms with Crippen LogP contribution in [-0.4, -0.2) is 35.0 Å². The van der Waals surface area contributed by atoms with E-state index < -0.39 is 0 Å². The molecule has 0 unspecified atom stereocenters. The molecule has 1 aromatic heterocycles. The molecule has 102 valence electrons. The van der Waals surface area contributed by atoms with Crippen LogP contribution >= 0.6 is 11.6 Å². The van der Waals surface area contributed by atoms with Crippen molar-refractivity contribution in [3.05, 3.63) is 39.4 Å². The van der Waals surface area contributed by atoms with Gasteiger partial charge in [0.1, 0.15) is 5.82 Å². The molecule has 0 saturated heterocycles. The molecule has 6 heteroatoms. The zero-order valence-corrected chi connectivity index (χ0v) is 11.6. The molecule has 2 rings (SSSR count). The van der Waals surface area contributed by atoms with Crippen LogP contribution < -0.4 is 11.3 Å². The van der Waals surface area contributed by atoms with Gasteiger partial charge in [-0.15, -0.1) is 0 Å². The van der Waals surface area contributed by atoms with E-state index in [9.17, 15) is 4.79 Å². The van der Waals surface area contributed by atoms with Crippen molar-refractivity contribution in [2.75, 3.05) is 20.1 Å². The lowest BCUT2D eigenvalue weighted by molar-refractivity contribution is 0.316. The van der Waals surface area contributed by atoms with Crippen molar-refractivity contribution in [2.45, 2.75) is 13.0 Å². The van der Waals surface area contributed by atoms with Crippen LogP contribution in [0.2, 0.25) is 5.02 Å². The number of hydrogen-bond acceptors (Lipinski definition) is 4. The van der Waals surface area contributed by atoms with E-state index in [1.54, 1.807) is 18.2 Å². The Morgan fingerprint density at radius 1 is 1.47 bits per heavy atom. The summed E-state index contributed by atoms with van der Waals surface area (Å²) < 4.78 is 0. The molecule has 1 heterocycles. The highest BCUT2D eigenvalue weighted by Crippen LogP contribution is 2.14. The fraction of sp³-hybridized carbons (Fsp3) is 0.385. The molecule has 0 bridgehead atoms. The summed E-state index contributed by atoms with van der Waals surface area (Å²) in [5.74, 6) is 0.652. The smallest absolute Gasteiger partial charge is 0.258 e. The first-order valence-corrected chi connectivity index (χ1v) is 6.55. The summed E-state index contributed by atoms with van der Waals surface area (Å²) in [6, 6.07) is 5.12. The summed E-state index contributed by atoms with van der Waals surface area (Å²) in [4.78, 5) is 21.3. The number of benzene rings is 1. The van der Waals surface area contributed by atoms with E-state index in [-0.39, 0.29) is 5.56 Å². The van der Waals surface area contributed by atoms with Crippen molar-refractivity contribution < 1.29 is 0 Å². The van der Waals surface area contributed by atoms with E-state index >= 15 is 0 Å². The number of halogens is 1. The molecule has 0 aliphatic heterocycles. The van der Waals surface area contributed by atoms with Crippen molar-refractivity contribution in [1.82, 2.24) is 14.9 Å². The van der Waals surface area contributed by atoms with Gasteiger partial charge in [0, 0.05) is 5.02 Å². The van der Waals surface area contributed by atoms with E-state index in [1.165, 1.54) is 0 Å². The molecule has 19 heavy (non-hydrogen) atoms. The van der Waals surface area contributed by atoms with E-state index in [0.717, 1.165) is 13.0 Å². The zero-order chi connectivity index (χ0) is 13.8. The minimum Gasteiger partial charge on any atom is -0.330 e. The van der Waals surface area contributed by atoms with Crippen molar-refractivity contribution in [2.24, 2.45) is 5.73 Å². The van der Waals surface area contributed by atoms with Crippen LogP contribution in [0.15, 0.2) is 23.0 Å². The van der Waals surface area contributed by atoms with Gasteiger partial charge in [-0.05, 0) is 44.8 Å². The molecule has 5 nitrogen and oxygen atoms in total. The average Bonchev–Trinajstić information content (AvgIpc) is 2.37. The Morgan fingerprint density at radius 2 is 2.26 bits per heavy atom. The van der Waals surface area contributed by atoms with Gasteiger partial charge >= 0.3 is 0 Å². The summed E-state index contributed by atoms with van der Waals surface area (Å²) in [5, 5.41) is 1.05. The molecule has 0 amide bonds. The van der Waals surface area contributed by atoms with Gasteiger partial charge in [-0.1, -0.05) is 11.6 Å². The normalized spacial score (nSPS) is 11.4. The first-order chi connectivity index (χ1) is 9.10. The van der Waals surface area contributed by atoms with Gasteiger partial charge in [0.15, 0.2) is 0 Å². The maximum absolute atomic E-state index is 12.0. The topological polar surface area (TPSA) is 75.0 Å². The van der Waals surface area contributed by atoms with Gasteiger partial charge in [-0.25, -0.2) is 4.98 Å². The van der Waals surface area contributed by atoms with Gasteiger partial charge in [-0.3, -0.25) is 9.69 Å². The first-order valence-electron chi connectivity index (χ1n) is 6.17. The predicted octanol–water partition coefficient (Wildman–Crippen LogP) is 1.36. The Hall–Kier alpha value is -1.43. The van der Waals surface area contributed by atoms with Crippen LogP contribution in [0.25, 0.3) is 10.9 Å². The first kappa shape index (κ1) is 14.0. The third-order valence-electron chi connectivity index (χ3n) is 2.88. The third-order valence-corrected chi connectivity index (χ3v) is 3.12. The van der Waals surface area contributed by atoms with Gasteiger partial charge in [-0.2, -0.15) is 0 Å². The summed E-state index contributed by atoms with van der Waals surface area (Å²) in [5.41, 5.74) is 5.97. The average molecular weight is 281 g/mol. The van der Waals surface area contributed by atoms with Crippen LogP contribution in [0.4, 0.5) is 0 Å². The van der Waals surface area contributed by atoms with E-state index in [2.05, 4.69) is 14.9 Å². The molecule has 0 spiro atoms. The number of nitrogens with one attached hydrogen (secondary N) is 1. The lowest BCUT2D eigenvalue weighted by Gasteiger charge is -2.15. The van der Waals surface area contributed by atoms with Crippen molar-refractivity contribution in [3.8, 4) is 0 Å². The summed E-state index contributed by atoms with van der Waals surface area (Å²) in [6.07, 6.45) is 0.921. The molecular formula is C13H17ClN4O. The van der Waals surface area contributed by atoms with E-state index in [4.69, 9.17) is 17.3 Å². The van der Waals surface area contributed by atoms with Crippen LogP contribution in [-0.2, 0) is 6.54 Å². The van der Waals surface area contributed by atoms with Crippen molar-refractivity contribution >= 4 is 22.5 Å². The van der Waals surface area contributed by atoms with Gasteiger partial charge in [0.2, 0.25) is 0 Å². The number of fused-ring (bicyclic) bond motifs is 1. The molecule has 0 saturated carbocycles. The number of nitrogens with two attached hydrogens (primary N) is 1. The highest BCUT2D eigenvalue weighted by molar-refractivity contribution is 6.31. The molecule has 0 aliphatic rings. The standard InChI is InChI=1S/C13H17ClN4O/c1-18(6-2-5-15)8-12-16-11-4-3-9(14)7-10(11)13(19)17-12/h3-4,7H,2,5-6,8,15H2,1H3,(H,16,17,19). The number of rotatable bonds is 5. The lowest BCUT2D eigenvalue weighted by atomic mass is 10.2. The number of aromatic amines is 1. The Labute approximate surface area is 116 Å². The molecule has 2 aromatic rings. The van der Waals surface area contributed by atoms with Crippen LogP contribution in [0.1, 0.15) is 12.2 Å². The largest absolute Gasteiger partial charge is 0.330 e. The predicted molar refractivity (Wildman–Crippen MR) is 77.4 cm³/mol. The van der Waals surface area contributed by atoms with Gasteiger partial charge in [0.05, 0.1) is 17.4 Å². The van der Waals surface area contributed by atoms with Crippen molar-refractivity contribution in [3.63, 3.8) is 0 Å². The highest BCUT2D eigenvalue weighted by Gasteiger charge is 2.06. The van der Waals surface area contributed by atoms with E-state index in [0.29, 0.717) is 34.8 Å². The van der Waals surface area contributed by atoms with Crippen LogP contribution in [0.3, 0.4) is 0 Å². The second-order valence-corrected chi connectivity index (χ2v) is 4.99. The van der Waals surface area contributed by atoms with Gasteiger partial charge < -0.3 is 10.7 Å². The highest BCUT2D eigenvalue weighted by atomic mass is 35.5. The van der Waals surface area contributed by atoms with Gasteiger partial charge in [0.25, 0.3) is 5.56 Å². The summed E-state index contributed by atoms with van der Waals surface area (Å²) >= 11 is 5.87. The Kier molecular flexibility index (Phi) is 4.52. The number of H-pyrrole nitrogens is 1. The zero-order valence-electron chi connectivity index (χ0n) is 10.8. The molecule has 1 aromatic carbocycles. The fourth-order valence-electron chi connectivity index (χ4n) is 1.93. The number of nitrogens with zero attached hydrogens (tertiary/aromatic N) is 2. The van der Waals surface area contributed by atoms with Crippen LogP contribution in [0.5, 0.6) is 0 Å². The summed E-state index contributed by atoms with van der Waals surface area (Å²) in [7, 11) is 1.97. The SMILES string of the molecule is CN(CCCN)Cc1nc2ccc(Cl)cc2c(=O)[nH]1. The van der Waals surface area contributed by atoms with Crippen LogP contribution in [0, 0.1) is 0 Å². The quantitative estimate of drug-likeness (QED) is 0.867. The third kappa shape index (κ3) is 3.53. The monoisotopic (exact) mass is 280 g/mol. The molecule has 3 N–H and O–H groups in total. The molecule has 0 fully saturated rings. The fourth-order valence-corrected chi connectivity index (χ4v) is 2.10. The second kappa shape index (κ2) is 6.14. The minimum atomic E-state index is -0.158. The van der Waals surface area contributed by atoms with E-state index in [1.807, 2.05) is 7.05 Å². The number of hydrogen-bond donors (Lipinski definition) is 2. The lowest BCUT2D eigenvalue weighted by Crippen LogP contribution is -2.24. The molecule has 0 radical (unpaired) electrons. The van der Waals surface area contributed by atoms with Crippen molar-refractivity contribution in [1.29, 1.82) is 0 Å². The summed E-state index contributed by atoms with van der Waals surface area (Å²) in [6.45, 7) is 2.12. The maximum Gasteiger partial charge on any atom is 0.258 e. The molecule has 0 atom stereocenters.